The van der Waals surface area contributed by atoms with Gasteiger partial charge in [0, 0.05) is 38.3 Å². The number of aryl methyl sites for hydroxylation is 1. The number of nitriles is 1. The zero-order valence-electron chi connectivity index (χ0n) is 21.9. The van der Waals surface area contributed by atoms with E-state index >= 15 is 0 Å². The van der Waals surface area contributed by atoms with Crippen LogP contribution in [0.25, 0.3) is 6.08 Å². The molecule has 0 atom stereocenters. The molecule has 1 amide bonds. The number of amides is 1. The summed E-state index contributed by atoms with van der Waals surface area (Å²) in [5.74, 6) is 0.645. The van der Waals surface area contributed by atoms with Crippen molar-refractivity contribution in [1.82, 2.24) is 14.4 Å². The number of aromatic nitrogens is 1. The fraction of sp³-hybridized carbons (Fsp3) is 0.429. The van der Waals surface area contributed by atoms with Crippen LogP contribution in [0.15, 0.2) is 34.0 Å². The SMILES string of the molecule is CCCn1c(N2CCN(CC)CC2)c(/C=C2\SC(=S)N(Cc3ccc(C)cc3)C2=O)c(C)c(C#N)c1=O. The molecule has 0 radical (unpaired) electrons. The maximum absolute atomic E-state index is 13.5. The van der Waals surface area contributed by atoms with Gasteiger partial charge in [-0.05, 0) is 44.0 Å². The van der Waals surface area contributed by atoms with Crippen molar-refractivity contribution in [2.75, 3.05) is 37.6 Å². The minimum atomic E-state index is -0.265. The molecule has 1 aromatic heterocycles. The van der Waals surface area contributed by atoms with E-state index in [4.69, 9.17) is 12.2 Å². The third-order valence-electron chi connectivity index (χ3n) is 7.02. The predicted molar refractivity (Wildman–Crippen MR) is 155 cm³/mol. The molecule has 2 aliphatic rings. The highest BCUT2D eigenvalue weighted by Crippen LogP contribution is 2.37. The molecule has 2 fully saturated rings. The fourth-order valence-electron chi connectivity index (χ4n) is 4.84. The number of piperazine rings is 1. The first kappa shape index (κ1) is 27.1. The Bertz CT molecular complexity index is 1330. The third-order valence-corrected chi connectivity index (χ3v) is 8.40. The standard InChI is InChI=1S/C28H33N5O2S2/c1-5-11-32-25(31-14-12-30(6-2)13-15-31)22(20(4)23(17-29)26(32)34)16-24-27(35)33(28(36)37-24)18-21-9-7-19(3)8-10-21/h7-10,16H,5-6,11-15,18H2,1-4H3/b24-16-. The number of nitrogens with zero attached hydrogens (tertiary/aromatic N) is 5. The highest BCUT2D eigenvalue weighted by Gasteiger charge is 2.33. The molecule has 3 heterocycles. The number of carbonyl (C=O) groups excluding carboxylic acids is 1. The van der Waals surface area contributed by atoms with E-state index < -0.39 is 0 Å². The highest BCUT2D eigenvalue weighted by molar-refractivity contribution is 8.26. The molecule has 2 aromatic rings. The summed E-state index contributed by atoms with van der Waals surface area (Å²) in [4.78, 5) is 33.6. The van der Waals surface area contributed by atoms with Crippen molar-refractivity contribution >= 4 is 46.1 Å². The van der Waals surface area contributed by atoms with Crippen LogP contribution in [0.5, 0.6) is 0 Å². The van der Waals surface area contributed by atoms with E-state index in [-0.39, 0.29) is 17.0 Å². The van der Waals surface area contributed by atoms with E-state index in [0.717, 1.165) is 61.7 Å². The molecule has 194 valence electrons. The molecule has 7 nitrogen and oxygen atoms in total. The third kappa shape index (κ3) is 5.52. The summed E-state index contributed by atoms with van der Waals surface area (Å²) in [5, 5.41) is 9.86. The van der Waals surface area contributed by atoms with Gasteiger partial charge in [0.1, 0.15) is 21.8 Å². The smallest absolute Gasteiger partial charge is 0.270 e. The topological polar surface area (TPSA) is 72.6 Å². The van der Waals surface area contributed by atoms with Gasteiger partial charge in [-0.3, -0.25) is 19.1 Å². The first-order valence-electron chi connectivity index (χ1n) is 12.7. The Morgan fingerprint density at radius 1 is 1.08 bits per heavy atom. The normalized spacial score (nSPS) is 17.6. The van der Waals surface area contributed by atoms with Gasteiger partial charge in [0.25, 0.3) is 11.5 Å². The van der Waals surface area contributed by atoms with Crippen molar-refractivity contribution < 1.29 is 4.79 Å². The van der Waals surface area contributed by atoms with E-state index in [1.165, 1.54) is 11.8 Å². The van der Waals surface area contributed by atoms with E-state index in [9.17, 15) is 14.9 Å². The average Bonchev–Trinajstić information content (AvgIpc) is 3.16. The first-order chi connectivity index (χ1) is 17.8. The summed E-state index contributed by atoms with van der Waals surface area (Å²) < 4.78 is 2.24. The zero-order valence-corrected chi connectivity index (χ0v) is 23.5. The number of hydrogen-bond donors (Lipinski definition) is 0. The zero-order chi connectivity index (χ0) is 26.7. The maximum Gasteiger partial charge on any atom is 0.270 e. The van der Waals surface area contributed by atoms with Crippen molar-refractivity contribution in [3.63, 3.8) is 0 Å². The Hall–Kier alpha value is -2.93. The van der Waals surface area contributed by atoms with Crippen molar-refractivity contribution in [2.24, 2.45) is 0 Å². The van der Waals surface area contributed by atoms with Crippen molar-refractivity contribution in [2.45, 2.75) is 47.2 Å². The molecule has 0 unspecified atom stereocenters. The molecule has 4 rings (SSSR count). The summed E-state index contributed by atoms with van der Waals surface area (Å²) >= 11 is 6.87. The van der Waals surface area contributed by atoms with Gasteiger partial charge in [-0.1, -0.05) is 67.7 Å². The first-order valence-corrected chi connectivity index (χ1v) is 14.0. The number of benzene rings is 1. The van der Waals surface area contributed by atoms with Crippen molar-refractivity contribution in [3.8, 4) is 6.07 Å². The van der Waals surface area contributed by atoms with Gasteiger partial charge >= 0.3 is 0 Å². The Labute approximate surface area is 228 Å². The molecule has 0 N–H and O–H groups in total. The Morgan fingerprint density at radius 2 is 1.76 bits per heavy atom. The number of likely N-dealkylation sites (N-methyl/N-ethyl adjacent to an activating group) is 1. The van der Waals surface area contributed by atoms with Crippen molar-refractivity contribution in [3.05, 3.63) is 67.3 Å². The molecule has 37 heavy (non-hydrogen) atoms. The van der Waals surface area contributed by atoms with Gasteiger partial charge in [0.05, 0.1) is 11.4 Å². The minimum absolute atomic E-state index is 0.130. The lowest BCUT2D eigenvalue weighted by molar-refractivity contribution is -0.122. The molecule has 2 saturated heterocycles. The summed E-state index contributed by atoms with van der Waals surface area (Å²) in [5.41, 5.74) is 3.40. The quantitative estimate of drug-likeness (QED) is 0.387. The van der Waals surface area contributed by atoms with E-state index in [1.807, 2.05) is 44.2 Å². The predicted octanol–water partition coefficient (Wildman–Crippen LogP) is 4.29. The molecule has 0 saturated carbocycles. The molecule has 0 aliphatic carbocycles. The van der Waals surface area contributed by atoms with E-state index in [1.54, 1.807) is 16.4 Å². The van der Waals surface area contributed by atoms with Gasteiger partial charge in [-0.25, -0.2) is 0 Å². The molecular formula is C28H33N5O2S2. The second kappa shape index (κ2) is 11.6. The van der Waals surface area contributed by atoms with Gasteiger partial charge in [-0.15, -0.1) is 0 Å². The van der Waals surface area contributed by atoms with Crippen LogP contribution in [0.2, 0.25) is 0 Å². The van der Waals surface area contributed by atoms with Crippen LogP contribution < -0.4 is 10.5 Å². The van der Waals surface area contributed by atoms with Crippen LogP contribution >= 0.6 is 24.0 Å². The number of rotatable bonds is 7. The van der Waals surface area contributed by atoms with Crippen LogP contribution in [-0.2, 0) is 17.9 Å². The minimum Gasteiger partial charge on any atom is -0.355 e. The van der Waals surface area contributed by atoms with Gasteiger partial charge in [0.2, 0.25) is 0 Å². The van der Waals surface area contributed by atoms with Crippen molar-refractivity contribution in [1.29, 1.82) is 5.26 Å². The van der Waals surface area contributed by atoms with Crippen LogP contribution in [0.3, 0.4) is 0 Å². The molecule has 0 bridgehead atoms. The monoisotopic (exact) mass is 535 g/mol. The fourth-order valence-corrected chi connectivity index (χ4v) is 6.07. The van der Waals surface area contributed by atoms with E-state index in [0.29, 0.717) is 27.9 Å². The number of thiocarbonyl (C=S) groups is 1. The number of thioether (sulfide) groups is 1. The largest absolute Gasteiger partial charge is 0.355 e. The summed E-state index contributed by atoms with van der Waals surface area (Å²) in [7, 11) is 0. The van der Waals surface area contributed by atoms with Crippen LogP contribution in [0.4, 0.5) is 5.82 Å². The summed E-state index contributed by atoms with van der Waals surface area (Å²) in [6.45, 7) is 13.3. The van der Waals surface area contributed by atoms with Crippen LogP contribution in [-0.4, -0.2) is 57.3 Å². The molecule has 9 heteroatoms. The van der Waals surface area contributed by atoms with Crippen LogP contribution in [0, 0.1) is 25.2 Å². The van der Waals surface area contributed by atoms with Gasteiger partial charge in [-0.2, -0.15) is 5.26 Å². The Balaban J connectivity index is 1.79. The Kier molecular flexibility index (Phi) is 8.53. The molecular weight excluding hydrogens is 502 g/mol. The number of pyridine rings is 1. The second-order valence-electron chi connectivity index (χ2n) is 9.48. The summed E-state index contributed by atoms with van der Waals surface area (Å²) in [6, 6.07) is 10.2. The lowest BCUT2D eigenvalue weighted by atomic mass is 10.0. The molecule has 2 aliphatic heterocycles. The van der Waals surface area contributed by atoms with E-state index in [2.05, 4.69) is 22.8 Å². The maximum atomic E-state index is 13.5. The number of anilines is 1. The average molecular weight is 536 g/mol. The number of hydrogen-bond acceptors (Lipinski definition) is 7. The van der Waals surface area contributed by atoms with Gasteiger partial charge in [0.15, 0.2) is 0 Å². The van der Waals surface area contributed by atoms with Gasteiger partial charge < -0.3 is 9.80 Å². The molecule has 1 aromatic carbocycles. The number of carbonyl (C=O) groups is 1. The second-order valence-corrected chi connectivity index (χ2v) is 11.2. The highest BCUT2D eigenvalue weighted by atomic mass is 32.2. The summed E-state index contributed by atoms with van der Waals surface area (Å²) in [6.07, 6.45) is 2.60. The lowest BCUT2D eigenvalue weighted by Crippen LogP contribution is -2.48. The van der Waals surface area contributed by atoms with Crippen LogP contribution in [0.1, 0.15) is 48.1 Å². The lowest BCUT2D eigenvalue weighted by Gasteiger charge is -2.37. The molecule has 0 spiro atoms. The Morgan fingerprint density at radius 3 is 2.35 bits per heavy atom.